The third kappa shape index (κ3) is 4.27. The van der Waals surface area contributed by atoms with E-state index in [9.17, 15) is 9.90 Å². The number of halogens is 1. The molecule has 0 aliphatic heterocycles. The minimum absolute atomic E-state index is 0.0961. The number of aromatic nitrogens is 1. The molecule has 0 atom stereocenters. The average molecular weight is 347 g/mol. The van der Waals surface area contributed by atoms with Crippen molar-refractivity contribution >= 4 is 28.3 Å². The van der Waals surface area contributed by atoms with E-state index in [1.165, 1.54) is 23.5 Å². The second-order valence-corrected chi connectivity index (χ2v) is 5.18. The quantitative estimate of drug-likeness (QED) is 0.635. The fraction of sp³-hybridized carbons (Fsp3) is 0.462. The molecule has 4 heteroatoms. The molecule has 0 saturated heterocycles. The normalized spacial score (nSPS) is 12.4. The highest BCUT2D eigenvalue weighted by molar-refractivity contribution is 14.1. The molecule has 1 aromatic heterocycles. The fourth-order valence-corrected chi connectivity index (χ4v) is 2.43. The van der Waals surface area contributed by atoms with Gasteiger partial charge in [-0.1, -0.05) is 25.8 Å². The highest BCUT2D eigenvalue weighted by Gasteiger charge is 2.06. The van der Waals surface area contributed by atoms with E-state index in [-0.39, 0.29) is 12.2 Å². The Labute approximate surface area is 115 Å². The minimum atomic E-state index is -0.103. The van der Waals surface area contributed by atoms with Gasteiger partial charge in [0.15, 0.2) is 0 Å². The molecular formula is C13H18INO2. The summed E-state index contributed by atoms with van der Waals surface area (Å²) in [4.78, 5) is 11.7. The smallest absolute Gasteiger partial charge is 0.254 e. The Balaban J connectivity index is 2.94. The lowest BCUT2D eigenvalue weighted by Gasteiger charge is -2.11. The van der Waals surface area contributed by atoms with Crippen molar-refractivity contribution in [1.29, 1.82) is 0 Å². The van der Waals surface area contributed by atoms with E-state index >= 15 is 0 Å². The maximum absolute atomic E-state index is 11.7. The highest BCUT2D eigenvalue weighted by atomic mass is 127. The Morgan fingerprint density at radius 1 is 1.41 bits per heavy atom. The number of allylic oxidation sites excluding steroid dienone is 1. The van der Waals surface area contributed by atoms with Gasteiger partial charge in [0.1, 0.15) is 0 Å². The Morgan fingerprint density at radius 3 is 2.76 bits per heavy atom. The number of hydrogen-bond acceptors (Lipinski definition) is 2. The molecule has 0 radical (unpaired) electrons. The number of aliphatic hydroxyl groups excluding tert-OH is 1. The summed E-state index contributed by atoms with van der Waals surface area (Å²) >= 11 is 2.22. The number of pyridine rings is 1. The van der Waals surface area contributed by atoms with Gasteiger partial charge in [-0.15, -0.1) is 0 Å². The lowest BCUT2D eigenvalue weighted by atomic mass is 10.2. The maximum Gasteiger partial charge on any atom is 0.254 e. The molecule has 0 unspecified atom stereocenters. The predicted molar refractivity (Wildman–Crippen MR) is 79.2 cm³/mol. The number of hydrogen-bond donors (Lipinski definition) is 1. The van der Waals surface area contributed by atoms with E-state index in [1.807, 2.05) is 0 Å². The SMILES string of the molecule is CCCCC/C(I)=C(\CO)n1ccccc1=O. The van der Waals surface area contributed by atoms with Crippen LogP contribution in [0.5, 0.6) is 0 Å². The standard InChI is InChI=1S/C13H18INO2/c1-2-3-4-7-11(14)12(10-16)15-9-6-5-8-13(15)17/h5-6,8-9,16H,2-4,7,10H2,1H3/b12-11-. The molecule has 0 aromatic carbocycles. The lowest BCUT2D eigenvalue weighted by molar-refractivity contribution is 0.343. The summed E-state index contributed by atoms with van der Waals surface area (Å²) in [5, 5.41) is 9.41. The van der Waals surface area contributed by atoms with E-state index < -0.39 is 0 Å². The lowest BCUT2D eigenvalue weighted by Crippen LogP contribution is -2.19. The van der Waals surface area contributed by atoms with Crippen LogP contribution >= 0.6 is 22.6 Å². The molecule has 0 bridgehead atoms. The van der Waals surface area contributed by atoms with Gasteiger partial charge in [-0.05, 0) is 41.5 Å². The average Bonchev–Trinajstić information content (AvgIpc) is 2.33. The van der Waals surface area contributed by atoms with Crippen molar-refractivity contribution in [3.05, 3.63) is 38.3 Å². The maximum atomic E-state index is 11.7. The zero-order valence-electron chi connectivity index (χ0n) is 10.0. The van der Waals surface area contributed by atoms with Crippen LogP contribution < -0.4 is 5.56 Å². The number of unbranched alkanes of at least 4 members (excludes halogenated alkanes) is 2. The van der Waals surface area contributed by atoms with Crippen LogP contribution in [0.1, 0.15) is 32.6 Å². The van der Waals surface area contributed by atoms with Crippen molar-refractivity contribution in [2.75, 3.05) is 6.61 Å². The molecule has 0 aliphatic carbocycles. The van der Waals surface area contributed by atoms with Crippen molar-refractivity contribution in [3.63, 3.8) is 0 Å². The zero-order chi connectivity index (χ0) is 12.7. The first-order valence-corrected chi connectivity index (χ1v) is 6.95. The fourth-order valence-electron chi connectivity index (χ4n) is 1.62. The second kappa shape index (κ2) is 7.66. The van der Waals surface area contributed by atoms with E-state index in [2.05, 4.69) is 29.5 Å². The first-order chi connectivity index (χ1) is 8.20. The van der Waals surface area contributed by atoms with Gasteiger partial charge >= 0.3 is 0 Å². The number of rotatable bonds is 6. The molecule has 17 heavy (non-hydrogen) atoms. The van der Waals surface area contributed by atoms with E-state index in [0.717, 1.165) is 16.4 Å². The first kappa shape index (κ1) is 14.4. The Hall–Kier alpha value is -0.620. The molecule has 94 valence electrons. The summed E-state index contributed by atoms with van der Waals surface area (Å²) < 4.78 is 2.58. The summed E-state index contributed by atoms with van der Waals surface area (Å²) in [6, 6.07) is 5.01. The van der Waals surface area contributed by atoms with Gasteiger partial charge in [-0.25, -0.2) is 0 Å². The minimum Gasteiger partial charge on any atom is -0.390 e. The molecule has 0 fully saturated rings. The van der Waals surface area contributed by atoms with E-state index in [0.29, 0.717) is 5.70 Å². The van der Waals surface area contributed by atoms with E-state index in [1.54, 1.807) is 18.3 Å². The van der Waals surface area contributed by atoms with Gasteiger partial charge in [0, 0.05) is 15.8 Å². The van der Waals surface area contributed by atoms with Crippen molar-refractivity contribution in [3.8, 4) is 0 Å². The third-order valence-electron chi connectivity index (χ3n) is 2.58. The van der Waals surface area contributed by atoms with Gasteiger partial charge in [-0.3, -0.25) is 9.36 Å². The molecule has 0 amide bonds. The van der Waals surface area contributed by atoms with Crippen LogP contribution in [-0.2, 0) is 0 Å². The number of aliphatic hydroxyl groups is 1. The summed E-state index contributed by atoms with van der Waals surface area (Å²) in [6.07, 6.45) is 6.07. The predicted octanol–water partition coefficient (Wildman–Crippen LogP) is 3.02. The Morgan fingerprint density at radius 2 is 2.18 bits per heavy atom. The molecule has 1 rings (SSSR count). The molecule has 0 saturated carbocycles. The van der Waals surface area contributed by atoms with Crippen LogP contribution in [0, 0.1) is 0 Å². The van der Waals surface area contributed by atoms with Crippen LogP contribution in [0.2, 0.25) is 0 Å². The van der Waals surface area contributed by atoms with Crippen LogP contribution in [0.3, 0.4) is 0 Å². The Bertz CT molecular complexity index is 437. The Kier molecular flexibility index (Phi) is 6.50. The second-order valence-electron chi connectivity index (χ2n) is 3.88. The van der Waals surface area contributed by atoms with Crippen molar-refractivity contribution in [1.82, 2.24) is 4.57 Å². The molecule has 1 heterocycles. The summed E-state index contributed by atoms with van der Waals surface area (Å²) in [5.74, 6) is 0. The van der Waals surface area contributed by atoms with Crippen molar-refractivity contribution in [2.24, 2.45) is 0 Å². The molecule has 3 nitrogen and oxygen atoms in total. The summed E-state index contributed by atoms with van der Waals surface area (Å²) in [7, 11) is 0. The molecule has 0 aliphatic rings. The highest BCUT2D eigenvalue weighted by Crippen LogP contribution is 2.22. The monoisotopic (exact) mass is 347 g/mol. The third-order valence-corrected chi connectivity index (χ3v) is 3.74. The van der Waals surface area contributed by atoms with Gasteiger partial charge < -0.3 is 5.11 Å². The summed E-state index contributed by atoms with van der Waals surface area (Å²) in [6.45, 7) is 2.06. The van der Waals surface area contributed by atoms with Crippen LogP contribution in [0.25, 0.3) is 5.70 Å². The van der Waals surface area contributed by atoms with Crippen molar-refractivity contribution < 1.29 is 5.11 Å². The van der Waals surface area contributed by atoms with Gasteiger partial charge in [0.25, 0.3) is 5.56 Å². The van der Waals surface area contributed by atoms with Crippen LogP contribution in [-0.4, -0.2) is 16.3 Å². The zero-order valence-corrected chi connectivity index (χ0v) is 12.2. The van der Waals surface area contributed by atoms with Crippen LogP contribution in [0.15, 0.2) is 32.8 Å². The largest absolute Gasteiger partial charge is 0.390 e. The van der Waals surface area contributed by atoms with Gasteiger partial charge in [0.2, 0.25) is 0 Å². The van der Waals surface area contributed by atoms with Crippen LogP contribution in [0.4, 0.5) is 0 Å². The number of nitrogens with zero attached hydrogens (tertiary/aromatic N) is 1. The topological polar surface area (TPSA) is 42.2 Å². The van der Waals surface area contributed by atoms with Gasteiger partial charge in [-0.2, -0.15) is 0 Å². The first-order valence-electron chi connectivity index (χ1n) is 5.87. The van der Waals surface area contributed by atoms with Gasteiger partial charge in [0.05, 0.1) is 12.3 Å². The molecule has 1 aromatic rings. The molecular weight excluding hydrogens is 329 g/mol. The van der Waals surface area contributed by atoms with Crippen molar-refractivity contribution in [2.45, 2.75) is 32.6 Å². The summed E-state index contributed by atoms with van der Waals surface area (Å²) in [5.41, 5.74) is 0.605. The molecule has 0 spiro atoms. The molecule has 1 N–H and O–H groups in total. The van der Waals surface area contributed by atoms with E-state index in [4.69, 9.17) is 0 Å².